The van der Waals surface area contributed by atoms with Gasteiger partial charge in [0.05, 0.1) is 10.2 Å². The fourth-order valence-electron chi connectivity index (χ4n) is 3.31. The molecule has 0 aliphatic carbocycles. The minimum Gasteiger partial charge on any atom is -0.309 e. The topological polar surface area (TPSA) is 36.4 Å². The van der Waals surface area contributed by atoms with E-state index in [1.165, 1.54) is 11.3 Å². The summed E-state index contributed by atoms with van der Waals surface area (Å²) in [5, 5.41) is 3.56. The lowest BCUT2D eigenvalue weighted by Gasteiger charge is -2.21. The molecule has 0 fully saturated rings. The van der Waals surface area contributed by atoms with Crippen molar-refractivity contribution in [3.63, 3.8) is 0 Å². The number of benzene rings is 3. The summed E-state index contributed by atoms with van der Waals surface area (Å²) in [5.41, 5.74) is 1.53. The van der Waals surface area contributed by atoms with Gasteiger partial charge in [-0.25, -0.2) is 4.98 Å². The van der Waals surface area contributed by atoms with Gasteiger partial charge < -0.3 is 4.90 Å². The van der Waals surface area contributed by atoms with Crippen LogP contribution in [0.15, 0.2) is 60.7 Å². The van der Waals surface area contributed by atoms with Crippen molar-refractivity contribution >= 4 is 55.0 Å². The molecule has 1 aromatic heterocycles. The van der Waals surface area contributed by atoms with Crippen molar-refractivity contribution in [2.75, 3.05) is 32.1 Å². The number of amides is 1. The number of carbonyl (C=O) groups is 1. The first-order chi connectivity index (χ1) is 14.0. The van der Waals surface area contributed by atoms with Gasteiger partial charge in [0, 0.05) is 17.1 Å². The molecular formula is C23H22ClN3OS. The molecule has 1 heterocycles. The number of aromatic nitrogens is 1. The van der Waals surface area contributed by atoms with Gasteiger partial charge >= 0.3 is 0 Å². The second-order valence-electron chi connectivity index (χ2n) is 7.28. The van der Waals surface area contributed by atoms with Crippen LogP contribution in [-0.4, -0.2) is 43.0 Å². The molecule has 0 atom stereocenters. The number of hydrogen-bond donors (Lipinski definition) is 0. The first-order valence-corrected chi connectivity index (χ1v) is 10.7. The lowest BCUT2D eigenvalue weighted by Crippen LogP contribution is -2.33. The molecule has 3 aromatic carbocycles. The van der Waals surface area contributed by atoms with Crippen molar-refractivity contribution in [3.8, 4) is 0 Å². The molecule has 0 saturated carbocycles. The predicted octanol–water partition coefficient (Wildman–Crippen LogP) is 5.70. The zero-order valence-corrected chi connectivity index (χ0v) is 18.0. The number of anilines is 1. The van der Waals surface area contributed by atoms with Gasteiger partial charge in [-0.1, -0.05) is 53.3 Å². The molecule has 0 aliphatic rings. The molecule has 0 bridgehead atoms. The molecule has 0 radical (unpaired) electrons. The number of halogens is 1. The van der Waals surface area contributed by atoms with Crippen molar-refractivity contribution < 1.29 is 4.79 Å². The summed E-state index contributed by atoms with van der Waals surface area (Å²) in [6.45, 7) is 1.51. The van der Waals surface area contributed by atoms with Crippen LogP contribution >= 0.6 is 22.9 Å². The summed E-state index contributed by atoms with van der Waals surface area (Å²) in [6.07, 6.45) is 0.864. The van der Waals surface area contributed by atoms with E-state index in [0.29, 0.717) is 22.3 Å². The SMILES string of the molecule is CN(C)CCCN(C(=O)c1ccc2ccccc2c1)c1nc2ccc(Cl)cc2s1. The number of rotatable bonds is 6. The Balaban J connectivity index is 1.70. The second kappa shape index (κ2) is 8.49. The molecular weight excluding hydrogens is 402 g/mol. The van der Waals surface area contributed by atoms with E-state index in [4.69, 9.17) is 16.6 Å². The highest BCUT2D eigenvalue weighted by Crippen LogP contribution is 2.32. The largest absolute Gasteiger partial charge is 0.309 e. The Morgan fingerprint density at radius 1 is 1.00 bits per heavy atom. The van der Waals surface area contributed by atoms with Crippen LogP contribution in [0.3, 0.4) is 0 Å². The zero-order valence-electron chi connectivity index (χ0n) is 16.4. The van der Waals surface area contributed by atoms with Crippen LogP contribution in [0.25, 0.3) is 21.0 Å². The van der Waals surface area contributed by atoms with Crippen molar-refractivity contribution in [3.05, 3.63) is 71.2 Å². The third kappa shape index (κ3) is 4.42. The van der Waals surface area contributed by atoms with Crippen molar-refractivity contribution in [2.24, 2.45) is 0 Å². The molecule has 0 saturated heterocycles. The minimum atomic E-state index is -0.0281. The van der Waals surface area contributed by atoms with Crippen molar-refractivity contribution in [1.82, 2.24) is 9.88 Å². The Morgan fingerprint density at radius 2 is 1.79 bits per heavy atom. The van der Waals surface area contributed by atoms with Crippen LogP contribution in [0.5, 0.6) is 0 Å². The zero-order chi connectivity index (χ0) is 20.4. The highest BCUT2D eigenvalue weighted by molar-refractivity contribution is 7.22. The molecule has 6 heteroatoms. The predicted molar refractivity (Wildman–Crippen MR) is 123 cm³/mol. The quantitative estimate of drug-likeness (QED) is 0.399. The van der Waals surface area contributed by atoms with Gasteiger partial charge in [0.2, 0.25) is 0 Å². The van der Waals surface area contributed by atoms with Gasteiger partial charge in [-0.2, -0.15) is 0 Å². The Kier molecular flexibility index (Phi) is 5.81. The van der Waals surface area contributed by atoms with Gasteiger partial charge in [0.1, 0.15) is 0 Å². The molecule has 0 unspecified atom stereocenters. The fraction of sp³-hybridized carbons (Fsp3) is 0.217. The average Bonchev–Trinajstić information content (AvgIpc) is 3.13. The monoisotopic (exact) mass is 423 g/mol. The molecule has 29 heavy (non-hydrogen) atoms. The van der Waals surface area contributed by atoms with Crippen molar-refractivity contribution in [1.29, 1.82) is 0 Å². The molecule has 0 spiro atoms. The van der Waals surface area contributed by atoms with Crippen LogP contribution in [0, 0.1) is 0 Å². The number of thiazole rings is 1. The molecule has 1 amide bonds. The summed E-state index contributed by atoms with van der Waals surface area (Å²) >= 11 is 7.63. The molecule has 4 aromatic rings. The Labute approximate surface area is 179 Å². The van der Waals surface area contributed by atoms with Crippen LogP contribution in [0.2, 0.25) is 5.02 Å². The molecule has 0 aliphatic heterocycles. The Morgan fingerprint density at radius 3 is 2.59 bits per heavy atom. The van der Waals surface area contributed by atoms with E-state index >= 15 is 0 Å². The number of carbonyl (C=O) groups excluding carboxylic acids is 1. The smallest absolute Gasteiger partial charge is 0.260 e. The molecule has 4 rings (SSSR count). The summed E-state index contributed by atoms with van der Waals surface area (Å²) in [4.78, 5) is 22.1. The normalized spacial score (nSPS) is 11.4. The second-order valence-corrected chi connectivity index (χ2v) is 8.73. The highest BCUT2D eigenvalue weighted by atomic mass is 35.5. The number of nitrogens with zero attached hydrogens (tertiary/aromatic N) is 3. The minimum absolute atomic E-state index is 0.0281. The van der Waals surface area contributed by atoms with Crippen LogP contribution in [-0.2, 0) is 0 Å². The van der Waals surface area contributed by atoms with E-state index in [1.54, 1.807) is 4.90 Å². The lowest BCUT2D eigenvalue weighted by atomic mass is 10.1. The van der Waals surface area contributed by atoms with E-state index in [0.717, 1.165) is 34.0 Å². The van der Waals surface area contributed by atoms with Crippen molar-refractivity contribution in [2.45, 2.75) is 6.42 Å². The summed E-state index contributed by atoms with van der Waals surface area (Å²) in [5.74, 6) is -0.0281. The number of fused-ring (bicyclic) bond motifs is 2. The maximum atomic E-state index is 13.5. The van der Waals surface area contributed by atoms with E-state index in [9.17, 15) is 4.79 Å². The van der Waals surface area contributed by atoms with E-state index in [2.05, 4.69) is 11.0 Å². The third-order valence-corrected chi connectivity index (χ3v) is 6.07. The van der Waals surface area contributed by atoms with Gasteiger partial charge in [0.25, 0.3) is 5.91 Å². The third-order valence-electron chi connectivity index (χ3n) is 4.80. The van der Waals surface area contributed by atoms with Crippen LogP contribution in [0.1, 0.15) is 16.8 Å². The van der Waals surface area contributed by atoms with E-state index in [-0.39, 0.29) is 5.91 Å². The standard InChI is InChI=1S/C23H22ClN3OS/c1-26(2)12-5-13-27(23-25-20-11-10-19(24)15-21(20)29-23)22(28)18-9-8-16-6-3-4-7-17(16)14-18/h3-4,6-11,14-15H,5,12-13H2,1-2H3. The average molecular weight is 424 g/mol. The van der Waals surface area contributed by atoms with Crippen LogP contribution in [0.4, 0.5) is 5.13 Å². The highest BCUT2D eigenvalue weighted by Gasteiger charge is 2.21. The summed E-state index contributed by atoms with van der Waals surface area (Å²) < 4.78 is 0.983. The fourth-order valence-corrected chi connectivity index (χ4v) is 4.58. The van der Waals surface area contributed by atoms with Gasteiger partial charge in [-0.3, -0.25) is 9.69 Å². The Bertz CT molecular complexity index is 1170. The van der Waals surface area contributed by atoms with Gasteiger partial charge in [-0.05, 0) is 68.2 Å². The lowest BCUT2D eigenvalue weighted by molar-refractivity contribution is 0.0986. The first-order valence-electron chi connectivity index (χ1n) is 9.53. The summed E-state index contributed by atoms with van der Waals surface area (Å²) in [6, 6.07) is 19.6. The van der Waals surface area contributed by atoms with Gasteiger partial charge in [0.15, 0.2) is 5.13 Å². The maximum Gasteiger partial charge on any atom is 0.260 e. The van der Waals surface area contributed by atoms with E-state index in [1.807, 2.05) is 68.7 Å². The maximum absolute atomic E-state index is 13.5. The molecule has 0 N–H and O–H groups in total. The van der Waals surface area contributed by atoms with Crippen LogP contribution < -0.4 is 4.90 Å². The number of hydrogen-bond acceptors (Lipinski definition) is 4. The molecule has 4 nitrogen and oxygen atoms in total. The van der Waals surface area contributed by atoms with E-state index < -0.39 is 0 Å². The van der Waals surface area contributed by atoms with Gasteiger partial charge in [-0.15, -0.1) is 0 Å². The first kappa shape index (κ1) is 19.8. The molecule has 148 valence electrons. The Hall–Kier alpha value is -2.47. The summed E-state index contributed by atoms with van der Waals surface area (Å²) in [7, 11) is 4.07.